The minimum Gasteiger partial charge on any atom is -0.456 e. The molecule has 5 aliphatic rings. The van der Waals surface area contributed by atoms with Gasteiger partial charge in [0.05, 0.1) is 7.85 Å². The molecule has 0 amide bonds. The highest BCUT2D eigenvalue weighted by atomic mass is 19.4. The van der Waals surface area contributed by atoms with E-state index in [-0.39, 0.29) is 17.8 Å². The van der Waals surface area contributed by atoms with Crippen molar-refractivity contribution < 1.29 is 32.4 Å². The first-order valence-corrected chi connectivity index (χ1v) is 8.02. The number of fused-ring (bicyclic) bond motifs is 2. The highest BCUT2D eigenvalue weighted by Crippen LogP contribution is 2.60. The molecule has 23 heavy (non-hydrogen) atoms. The summed E-state index contributed by atoms with van der Waals surface area (Å²) < 4.78 is 51.4. The van der Waals surface area contributed by atoms with Crippen molar-refractivity contribution in [3.8, 4) is 0 Å². The van der Waals surface area contributed by atoms with Crippen molar-refractivity contribution in [2.24, 2.45) is 11.8 Å². The third kappa shape index (κ3) is 2.11. The summed E-state index contributed by atoms with van der Waals surface area (Å²) in [6.07, 6.45) is -2.35. The summed E-state index contributed by atoms with van der Waals surface area (Å²) in [4.78, 5) is 11.2. The maximum Gasteiger partial charge on any atom is 0.448 e. The lowest BCUT2D eigenvalue weighted by atomic mass is 9.61. The van der Waals surface area contributed by atoms with Crippen LogP contribution in [0.3, 0.4) is 0 Å². The summed E-state index contributed by atoms with van der Waals surface area (Å²) in [7, 11) is 5.66. The SMILES string of the molecule is [B]CC1=C(C(F)(F)F)OC2O[C@]3(C)CCC4CCC[C@@H]1[C@]42OO3. The summed E-state index contributed by atoms with van der Waals surface area (Å²) in [5.41, 5.74) is -0.964. The number of halogens is 3. The molecule has 0 aromatic carbocycles. The molecule has 4 fully saturated rings. The van der Waals surface area contributed by atoms with Gasteiger partial charge in [-0.2, -0.15) is 13.2 Å². The fraction of sp³-hybridized carbons (Fsp3) is 0.867. The van der Waals surface area contributed by atoms with Gasteiger partial charge in [0.15, 0.2) is 5.60 Å². The first-order valence-electron chi connectivity index (χ1n) is 8.02. The van der Waals surface area contributed by atoms with Crippen molar-refractivity contribution in [3.63, 3.8) is 0 Å². The van der Waals surface area contributed by atoms with E-state index in [0.29, 0.717) is 12.8 Å². The van der Waals surface area contributed by atoms with E-state index in [1.807, 2.05) is 0 Å². The number of hydrogen-bond acceptors (Lipinski definition) is 4. The van der Waals surface area contributed by atoms with E-state index in [1.54, 1.807) is 6.92 Å². The molecule has 4 heterocycles. The van der Waals surface area contributed by atoms with Crippen molar-refractivity contribution in [2.45, 2.75) is 69.2 Å². The quantitative estimate of drug-likeness (QED) is 0.546. The molecule has 126 valence electrons. The van der Waals surface area contributed by atoms with Crippen molar-refractivity contribution >= 4 is 7.85 Å². The van der Waals surface area contributed by atoms with Crippen LogP contribution in [0.2, 0.25) is 6.32 Å². The number of allylic oxidation sites excluding steroid dienone is 1. The van der Waals surface area contributed by atoms with Gasteiger partial charge in [-0.1, -0.05) is 12.7 Å². The lowest BCUT2D eigenvalue weighted by molar-refractivity contribution is -0.556. The topological polar surface area (TPSA) is 36.9 Å². The Labute approximate surface area is 133 Å². The monoisotopic (exact) mass is 330 g/mol. The average molecular weight is 330 g/mol. The van der Waals surface area contributed by atoms with Crippen LogP contribution in [0.25, 0.3) is 0 Å². The highest BCUT2D eigenvalue weighted by molar-refractivity contribution is 6.10. The first-order chi connectivity index (χ1) is 10.8. The lowest BCUT2D eigenvalue weighted by Gasteiger charge is -2.56. The van der Waals surface area contributed by atoms with Crippen LogP contribution in [-0.4, -0.2) is 31.7 Å². The molecule has 2 bridgehead atoms. The highest BCUT2D eigenvalue weighted by Gasteiger charge is 2.68. The molecular weight excluding hydrogens is 312 g/mol. The van der Waals surface area contributed by atoms with E-state index in [9.17, 15) is 13.2 Å². The van der Waals surface area contributed by atoms with E-state index >= 15 is 0 Å². The molecule has 0 aromatic heterocycles. The van der Waals surface area contributed by atoms with Crippen LogP contribution in [0.4, 0.5) is 13.2 Å². The van der Waals surface area contributed by atoms with Crippen molar-refractivity contribution in [3.05, 3.63) is 11.3 Å². The molecule has 4 aliphatic heterocycles. The van der Waals surface area contributed by atoms with Crippen LogP contribution in [0.5, 0.6) is 0 Å². The summed E-state index contributed by atoms with van der Waals surface area (Å²) in [5, 5.41) is 0. The van der Waals surface area contributed by atoms with Crippen LogP contribution < -0.4 is 0 Å². The van der Waals surface area contributed by atoms with E-state index in [1.165, 1.54) is 0 Å². The summed E-state index contributed by atoms with van der Waals surface area (Å²) in [6, 6.07) is 0. The third-order valence-corrected chi connectivity index (χ3v) is 5.68. The maximum absolute atomic E-state index is 13.4. The van der Waals surface area contributed by atoms with Crippen LogP contribution >= 0.6 is 0 Å². The first kappa shape index (κ1) is 15.8. The van der Waals surface area contributed by atoms with E-state index < -0.39 is 35.5 Å². The Morgan fingerprint density at radius 3 is 2.70 bits per heavy atom. The van der Waals surface area contributed by atoms with Gasteiger partial charge in [-0.3, -0.25) is 0 Å². The minimum absolute atomic E-state index is 0.0342. The van der Waals surface area contributed by atoms with Crippen LogP contribution in [0.15, 0.2) is 11.3 Å². The zero-order valence-electron chi connectivity index (χ0n) is 12.8. The zero-order valence-corrected chi connectivity index (χ0v) is 12.8. The molecule has 2 unspecified atom stereocenters. The van der Waals surface area contributed by atoms with E-state index in [2.05, 4.69) is 0 Å². The molecule has 1 saturated carbocycles. The van der Waals surface area contributed by atoms with Crippen molar-refractivity contribution in [1.82, 2.24) is 0 Å². The molecule has 0 N–H and O–H groups in total. The summed E-state index contributed by atoms with van der Waals surface area (Å²) in [6.45, 7) is 1.67. The standard InChI is InChI=1S/C15H18BF3O4/c1-13-6-5-8-3-2-4-10-9(7-16)11(15(17,18)19)20-12(21-13)14(8,10)23-22-13/h8,10,12H,2-7H2,1H3/t8?,10-,12?,13-,14+/m0/s1. The molecule has 5 rings (SSSR count). The van der Waals surface area contributed by atoms with Crippen molar-refractivity contribution in [1.29, 1.82) is 0 Å². The number of ether oxygens (including phenoxy) is 2. The molecule has 2 radical (unpaired) electrons. The predicted octanol–water partition coefficient (Wildman–Crippen LogP) is 3.39. The largest absolute Gasteiger partial charge is 0.456 e. The number of hydrogen-bond donors (Lipinski definition) is 0. The second-order valence-corrected chi connectivity index (χ2v) is 7.00. The molecule has 0 aromatic rings. The van der Waals surface area contributed by atoms with Gasteiger partial charge in [0, 0.05) is 12.3 Å². The minimum atomic E-state index is -4.60. The Hall–Kier alpha value is -0.725. The third-order valence-electron chi connectivity index (χ3n) is 5.68. The smallest absolute Gasteiger partial charge is 0.448 e. The summed E-state index contributed by atoms with van der Waals surface area (Å²) >= 11 is 0. The number of rotatable bonds is 1. The molecular formula is C15H18BF3O4. The fourth-order valence-electron chi connectivity index (χ4n) is 4.62. The Morgan fingerprint density at radius 1 is 1.22 bits per heavy atom. The van der Waals surface area contributed by atoms with Gasteiger partial charge < -0.3 is 9.47 Å². The van der Waals surface area contributed by atoms with Gasteiger partial charge in [0.1, 0.15) is 0 Å². The van der Waals surface area contributed by atoms with Gasteiger partial charge >= 0.3 is 6.18 Å². The average Bonchev–Trinajstić information content (AvgIpc) is 2.71. The Kier molecular flexibility index (Phi) is 3.36. The second kappa shape index (κ2) is 4.89. The van der Waals surface area contributed by atoms with Gasteiger partial charge in [-0.05, 0) is 37.7 Å². The van der Waals surface area contributed by atoms with Gasteiger partial charge in [-0.15, -0.1) is 0 Å². The molecule has 1 spiro atoms. The van der Waals surface area contributed by atoms with Gasteiger partial charge in [0.2, 0.25) is 17.8 Å². The molecule has 3 saturated heterocycles. The van der Waals surface area contributed by atoms with Crippen molar-refractivity contribution in [2.75, 3.05) is 0 Å². The van der Waals surface area contributed by atoms with Crippen LogP contribution in [-0.2, 0) is 19.2 Å². The second-order valence-electron chi connectivity index (χ2n) is 7.00. The molecule has 1 aliphatic carbocycles. The lowest BCUT2D eigenvalue weighted by Crippen LogP contribution is -2.66. The van der Waals surface area contributed by atoms with Crippen LogP contribution in [0.1, 0.15) is 39.0 Å². The fourth-order valence-corrected chi connectivity index (χ4v) is 4.62. The number of alkyl halides is 3. The van der Waals surface area contributed by atoms with Crippen LogP contribution in [0, 0.1) is 11.8 Å². The zero-order chi connectivity index (χ0) is 16.5. The molecule has 4 nitrogen and oxygen atoms in total. The summed E-state index contributed by atoms with van der Waals surface area (Å²) in [5.74, 6) is -2.55. The van der Waals surface area contributed by atoms with E-state index in [0.717, 1.165) is 19.3 Å². The van der Waals surface area contributed by atoms with E-state index in [4.69, 9.17) is 27.1 Å². The van der Waals surface area contributed by atoms with Gasteiger partial charge in [0.25, 0.3) is 0 Å². The molecule has 8 heteroatoms. The Balaban J connectivity index is 1.87. The predicted molar refractivity (Wildman–Crippen MR) is 73.0 cm³/mol. The van der Waals surface area contributed by atoms with Gasteiger partial charge in [-0.25, -0.2) is 9.78 Å². The Morgan fingerprint density at radius 2 is 2.00 bits per heavy atom. The molecule has 5 atom stereocenters. The normalized spacial score (nSPS) is 46.2. The Bertz CT molecular complexity index is 551. The maximum atomic E-state index is 13.4.